The minimum Gasteiger partial charge on any atom is -0.463 e. The van der Waals surface area contributed by atoms with Crippen molar-refractivity contribution in [2.75, 3.05) is 0 Å². The van der Waals surface area contributed by atoms with Crippen LogP contribution in [-0.4, -0.2) is 34.2 Å². The normalized spacial score (nSPS) is 23.6. The number of hydrogen-bond donors (Lipinski definition) is 2. The summed E-state index contributed by atoms with van der Waals surface area (Å²) in [6, 6.07) is 3.05. The third-order valence-corrected chi connectivity index (χ3v) is 12.6. The van der Waals surface area contributed by atoms with Gasteiger partial charge < -0.3 is 19.4 Å². The molecule has 2 aromatic heterocycles. The molecule has 7 rings (SSSR count). The van der Waals surface area contributed by atoms with Crippen molar-refractivity contribution in [3.05, 3.63) is 56.1 Å². The van der Waals surface area contributed by atoms with Crippen LogP contribution in [0, 0.1) is 24.6 Å². The van der Waals surface area contributed by atoms with Crippen LogP contribution >= 0.6 is 0 Å². The van der Waals surface area contributed by atoms with E-state index in [4.69, 9.17) is 9.72 Å². The zero-order chi connectivity index (χ0) is 27.4. The van der Waals surface area contributed by atoms with E-state index in [9.17, 15) is 19.2 Å². The number of aromatic nitrogens is 2. The lowest BCUT2D eigenvalue weighted by Crippen LogP contribution is -2.61. The molecule has 0 saturated heterocycles. The Bertz CT molecular complexity index is 1700. The number of fused-ring (bicyclic) bond motifs is 5. The molecule has 1 aromatic carbocycles. The molecular weight excluding hydrogens is 517 g/mol. The minimum atomic E-state index is -3.69. The lowest BCUT2D eigenvalue weighted by atomic mass is 9.81. The van der Waals surface area contributed by atoms with Crippen molar-refractivity contribution in [2.45, 2.75) is 71.7 Å². The zero-order valence-corrected chi connectivity index (χ0v) is 23.2. The number of carbonyl (C=O) groups excluding carboxylic acids is 2. The van der Waals surface area contributed by atoms with Crippen LogP contribution in [0.1, 0.15) is 67.0 Å². The number of hydrogen-bond acceptors (Lipinski definition) is 6. The van der Waals surface area contributed by atoms with E-state index in [1.165, 1.54) is 6.07 Å². The van der Waals surface area contributed by atoms with E-state index in [-0.39, 0.29) is 48.4 Å². The van der Waals surface area contributed by atoms with Crippen LogP contribution in [0.3, 0.4) is 0 Å². The quantitative estimate of drug-likeness (QED) is 0.379. The Morgan fingerprint density at radius 2 is 2.03 bits per heavy atom. The Labute approximate surface area is 225 Å². The van der Waals surface area contributed by atoms with Gasteiger partial charge in [0.05, 0.1) is 35.1 Å². The molecule has 3 aromatic rings. The maximum atomic E-state index is 15.0. The number of carbonyl (C=O) groups is 2. The van der Waals surface area contributed by atoms with Crippen molar-refractivity contribution in [1.29, 1.82) is 0 Å². The molecule has 2 aliphatic carbocycles. The van der Waals surface area contributed by atoms with Crippen LogP contribution in [0.2, 0.25) is 6.04 Å². The van der Waals surface area contributed by atoms with Gasteiger partial charge in [0.1, 0.15) is 12.4 Å². The van der Waals surface area contributed by atoms with Crippen molar-refractivity contribution < 1.29 is 23.5 Å². The van der Waals surface area contributed by atoms with Gasteiger partial charge in [0.2, 0.25) is 5.91 Å². The van der Waals surface area contributed by atoms with Crippen molar-refractivity contribution in [3.63, 3.8) is 0 Å². The third-order valence-electron chi connectivity index (χ3n) is 9.44. The summed E-state index contributed by atoms with van der Waals surface area (Å²) in [6.07, 6.45) is 3.38. The second-order valence-electron chi connectivity index (χ2n) is 11.5. The van der Waals surface area contributed by atoms with E-state index in [0.717, 1.165) is 34.9 Å². The second kappa shape index (κ2) is 8.31. The fourth-order valence-corrected chi connectivity index (χ4v) is 9.07. The van der Waals surface area contributed by atoms with E-state index in [1.54, 1.807) is 24.5 Å². The largest absolute Gasteiger partial charge is 0.463 e. The Kier molecular flexibility index (Phi) is 5.26. The summed E-state index contributed by atoms with van der Waals surface area (Å²) in [5.74, 6) is 0.0202. The first-order valence-electron chi connectivity index (χ1n) is 13.8. The van der Waals surface area contributed by atoms with Crippen LogP contribution in [0.4, 0.5) is 9.18 Å². The maximum Gasteiger partial charge on any atom is 0.347 e. The number of nitrogens with zero attached hydrogens (tertiary/aromatic N) is 2. The number of pyridine rings is 2. The fraction of sp³-hybridized carbons (Fsp3) is 0.448. The molecule has 202 valence electrons. The number of ether oxygens (including phenoxy) is 1. The van der Waals surface area contributed by atoms with E-state index in [2.05, 4.69) is 5.32 Å². The Hall–Kier alpha value is -3.37. The molecule has 1 saturated carbocycles. The van der Waals surface area contributed by atoms with Crippen molar-refractivity contribution in [2.24, 2.45) is 11.8 Å². The Morgan fingerprint density at radius 3 is 2.74 bits per heavy atom. The maximum absolute atomic E-state index is 15.0. The average Bonchev–Trinajstić information content (AvgIpc) is 3.71. The minimum absolute atomic E-state index is 0.0151. The number of cyclic esters (lactones) is 1. The van der Waals surface area contributed by atoms with E-state index in [1.807, 2.05) is 6.92 Å². The molecule has 3 atom stereocenters. The molecule has 0 spiro atoms. The zero-order valence-electron chi connectivity index (χ0n) is 22.2. The number of nitrogens with one attached hydrogen (secondary N) is 1. The molecular formula is C29H30FN3O5Si. The lowest BCUT2D eigenvalue weighted by Gasteiger charge is -2.30. The Balaban J connectivity index is 1.46. The van der Waals surface area contributed by atoms with Crippen LogP contribution in [0.15, 0.2) is 16.9 Å². The molecule has 2 N–H and O–H groups in total. The van der Waals surface area contributed by atoms with Gasteiger partial charge in [-0.2, -0.15) is 0 Å². The van der Waals surface area contributed by atoms with Crippen molar-refractivity contribution in [1.82, 2.24) is 14.9 Å². The summed E-state index contributed by atoms with van der Waals surface area (Å²) >= 11 is 0. The van der Waals surface area contributed by atoms with Crippen molar-refractivity contribution in [3.8, 4) is 11.4 Å². The predicted octanol–water partition coefficient (Wildman–Crippen LogP) is 3.42. The summed E-state index contributed by atoms with van der Waals surface area (Å²) in [7, 11) is -3.69. The second-order valence-corrected chi connectivity index (χ2v) is 14.9. The first-order chi connectivity index (χ1) is 18.6. The van der Waals surface area contributed by atoms with Gasteiger partial charge in [0.25, 0.3) is 5.56 Å². The molecule has 4 heterocycles. The van der Waals surface area contributed by atoms with Crippen LogP contribution in [-0.2, 0) is 29.1 Å². The Morgan fingerprint density at radius 1 is 1.26 bits per heavy atom. The third kappa shape index (κ3) is 3.37. The molecule has 8 nitrogen and oxygen atoms in total. The number of halogens is 1. The van der Waals surface area contributed by atoms with Gasteiger partial charge in [0.15, 0.2) is 0 Å². The standard InChI is InChI=1S/C29H30FN3O5Si/c1-4-39(37)23-10-22-26-17(11-33(22)28(35)18(23)12-38-29(39)36)25-20(32-27(34)13(2)15-5-6-15)8-7-16-14(3)19(30)9-21(31-26)24(16)25/h9-10,13,15,20,37H,4-8,11-12H2,1-3H3,(H,32,34)/t13-,20-,39+/m1/s1. The van der Waals surface area contributed by atoms with Gasteiger partial charge >= 0.3 is 13.9 Å². The number of rotatable bonds is 4. The predicted molar refractivity (Wildman–Crippen MR) is 145 cm³/mol. The van der Waals surface area contributed by atoms with E-state index >= 15 is 4.39 Å². The highest BCUT2D eigenvalue weighted by Crippen LogP contribution is 2.45. The topological polar surface area (TPSA) is 111 Å². The molecule has 1 amide bonds. The van der Waals surface area contributed by atoms with Crippen LogP contribution in [0.25, 0.3) is 22.3 Å². The molecule has 1 fully saturated rings. The highest BCUT2D eigenvalue weighted by molar-refractivity contribution is 7.09. The lowest BCUT2D eigenvalue weighted by molar-refractivity contribution is -0.125. The first kappa shape index (κ1) is 24.7. The summed E-state index contributed by atoms with van der Waals surface area (Å²) in [6.45, 7) is 5.54. The number of amides is 1. The number of benzene rings is 1. The summed E-state index contributed by atoms with van der Waals surface area (Å²) in [4.78, 5) is 55.7. The highest BCUT2D eigenvalue weighted by atomic mass is 28.4. The average molecular weight is 548 g/mol. The van der Waals surface area contributed by atoms with Crippen LogP contribution in [0.5, 0.6) is 0 Å². The molecule has 0 unspecified atom stereocenters. The van der Waals surface area contributed by atoms with Crippen molar-refractivity contribution >= 4 is 35.9 Å². The van der Waals surface area contributed by atoms with Gasteiger partial charge in [-0.3, -0.25) is 14.4 Å². The van der Waals surface area contributed by atoms with Gasteiger partial charge in [-0.15, -0.1) is 0 Å². The van der Waals surface area contributed by atoms with Crippen LogP contribution < -0.4 is 16.1 Å². The molecule has 2 aliphatic heterocycles. The molecule has 0 bridgehead atoms. The van der Waals surface area contributed by atoms with Gasteiger partial charge in [-0.1, -0.05) is 13.8 Å². The fourth-order valence-electron chi connectivity index (χ4n) is 6.81. The van der Waals surface area contributed by atoms with Gasteiger partial charge in [0, 0.05) is 22.9 Å². The molecule has 0 radical (unpaired) electrons. The smallest absolute Gasteiger partial charge is 0.347 e. The number of aryl methyl sites for hydroxylation is 1. The monoisotopic (exact) mass is 547 g/mol. The van der Waals surface area contributed by atoms with E-state index < -0.39 is 13.9 Å². The van der Waals surface area contributed by atoms with Gasteiger partial charge in [-0.05, 0) is 72.5 Å². The van der Waals surface area contributed by atoms with E-state index in [0.29, 0.717) is 52.0 Å². The molecule has 4 aliphatic rings. The SMILES string of the molecule is CC[Si@@]1(O)C(=O)OCc2c1cc1n(c2=O)Cc2c-1nc1cc(F)c(C)c3c1c2[C@H](NC(=O)[C@H](C)C1CC1)CC3. The summed E-state index contributed by atoms with van der Waals surface area (Å²) < 4.78 is 21.9. The molecule has 39 heavy (non-hydrogen) atoms. The van der Waals surface area contributed by atoms with Gasteiger partial charge in [-0.25, -0.2) is 9.37 Å². The summed E-state index contributed by atoms with van der Waals surface area (Å²) in [5, 5.41) is 4.51. The highest BCUT2D eigenvalue weighted by Gasteiger charge is 2.49. The molecule has 10 heteroatoms. The first-order valence-corrected chi connectivity index (χ1v) is 15.9. The summed E-state index contributed by atoms with van der Waals surface area (Å²) in [5.41, 5.74) is 4.08.